The Labute approximate surface area is 115 Å². The molecule has 2 nitrogen and oxygen atoms in total. The van der Waals surface area contributed by atoms with E-state index in [1.165, 1.54) is 16.0 Å². The molecule has 1 aromatic carbocycles. The second-order valence-corrected chi connectivity index (χ2v) is 6.31. The van der Waals surface area contributed by atoms with Crippen molar-refractivity contribution in [2.75, 3.05) is 12.4 Å². The average Bonchev–Trinajstić information content (AvgIpc) is 2.34. The number of aryl methyl sites for hydroxylation is 1. The Morgan fingerprint density at radius 3 is 2.61 bits per heavy atom. The van der Waals surface area contributed by atoms with Crippen LogP contribution in [0.15, 0.2) is 23.1 Å². The Balaban J connectivity index is 2.69. The van der Waals surface area contributed by atoms with Gasteiger partial charge < -0.3 is 10.4 Å². The maximum Gasteiger partial charge on any atom is 0.0464 e. The van der Waals surface area contributed by atoms with Crippen molar-refractivity contribution >= 4 is 11.8 Å². The van der Waals surface area contributed by atoms with Gasteiger partial charge in [-0.2, -0.15) is 0 Å². The Kier molecular flexibility index (Phi) is 6.76. The molecule has 0 bridgehead atoms. The number of rotatable bonds is 7. The highest BCUT2D eigenvalue weighted by atomic mass is 32.2. The van der Waals surface area contributed by atoms with Crippen LogP contribution in [0.1, 0.15) is 31.9 Å². The normalized spacial score (nSPS) is 13.0. The number of nitrogens with one attached hydrogen (secondary N) is 1. The summed E-state index contributed by atoms with van der Waals surface area (Å²) in [6, 6.07) is 7.10. The summed E-state index contributed by atoms with van der Waals surface area (Å²) in [5.41, 5.74) is 2.66. The molecule has 0 amide bonds. The molecule has 18 heavy (non-hydrogen) atoms. The monoisotopic (exact) mass is 267 g/mol. The second-order valence-electron chi connectivity index (χ2n) is 5.25. The summed E-state index contributed by atoms with van der Waals surface area (Å²) in [5.74, 6) is 1.32. The van der Waals surface area contributed by atoms with Crippen molar-refractivity contribution in [3.63, 3.8) is 0 Å². The van der Waals surface area contributed by atoms with Crippen molar-refractivity contribution in [1.29, 1.82) is 0 Å². The molecule has 1 aromatic rings. The first-order valence-corrected chi connectivity index (χ1v) is 7.58. The molecule has 0 radical (unpaired) electrons. The number of hydrogen-bond acceptors (Lipinski definition) is 3. The van der Waals surface area contributed by atoms with E-state index in [0.717, 1.165) is 12.3 Å². The minimum atomic E-state index is 0.262. The van der Waals surface area contributed by atoms with E-state index < -0.39 is 0 Å². The predicted molar refractivity (Wildman–Crippen MR) is 80.1 cm³/mol. The topological polar surface area (TPSA) is 32.3 Å². The molecule has 0 fully saturated rings. The maximum absolute atomic E-state index is 9.08. The Morgan fingerprint density at radius 1 is 1.28 bits per heavy atom. The first-order valence-electron chi connectivity index (χ1n) is 6.59. The average molecular weight is 267 g/mol. The van der Waals surface area contributed by atoms with Crippen molar-refractivity contribution in [3.05, 3.63) is 29.3 Å². The third-order valence-electron chi connectivity index (χ3n) is 2.75. The summed E-state index contributed by atoms with van der Waals surface area (Å²) < 4.78 is 0. The third kappa shape index (κ3) is 5.42. The lowest BCUT2D eigenvalue weighted by molar-refractivity contribution is 0.250. The Bertz CT molecular complexity index is 366. The van der Waals surface area contributed by atoms with Gasteiger partial charge in [0.15, 0.2) is 0 Å². The van der Waals surface area contributed by atoms with Gasteiger partial charge in [0.05, 0.1) is 0 Å². The standard InChI is InChI=1S/C15H25NOS/c1-11(2)16-8-14-7-12(3)5-6-15(14)18-10-13(4)9-17/h5-7,11,13,16-17H,8-10H2,1-4H3. The lowest BCUT2D eigenvalue weighted by Crippen LogP contribution is -2.22. The van der Waals surface area contributed by atoms with Gasteiger partial charge in [-0.1, -0.05) is 38.5 Å². The van der Waals surface area contributed by atoms with Crippen LogP contribution < -0.4 is 5.32 Å². The lowest BCUT2D eigenvalue weighted by atomic mass is 10.1. The zero-order valence-electron chi connectivity index (χ0n) is 11.9. The molecule has 1 atom stereocenters. The van der Waals surface area contributed by atoms with Crippen LogP contribution in [0, 0.1) is 12.8 Å². The van der Waals surface area contributed by atoms with E-state index in [9.17, 15) is 0 Å². The van der Waals surface area contributed by atoms with Crippen LogP contribution in [0.2, 0.25) is 0 Å². The van der Waals surface area contributed by atoms with E-state index in [1.54, 1.807) is 0 Å². The molecule has 1 unspecified atom stereocenters. The highest BCUT2D eigenvalue weighted by Crippen LogP contribution is 2.25. The predicted octanol–water partition coefficient (Wildman–Crippen LogP) is 3.21. The van der Waals surface area contributed by atoms with Crippen LogP contribution in [0.3, 0.4) is 0 Å². The number of aliphatic hydroxyl groups excluding tert-OH is 1. The molecule has 0 spiro atoms. The second kappa shape index (κ2) is 7.82. The van der Waals surface area contributed by atoms with Gasteiger partial charge in [0.2, 0.25) is 0 Å². The number of hydrogen-bond donors (Lipinski definition) is 2. The fraction of sp³-hybridized carbons (Fsp3) is 0.600. The molecule has 0 aliphatic rings. The van der Waals surface area contributed by atoms with E-state index in [0.29, 0.717) is 12.0 Å². The molecule has 102 valence electrons. The third-order valence-corrected chi connectivity index (χ3v) is 4.20. The highest BCUT2D eigenvalue weighted by molar-refractivity contribution is 7.99. The van der Waals surface area contributed by atoms with Crippen LogP contribution in [-0.4, -0.2) is 23.5 Å². The molecular weight excluding hydrogens is 242 g/mol. The summed E-state index contributed by atoms with van der Waals surface area (Å²) in [7, 11) is 0. The molecule has 0 aliphatic carbocycles. The molecule has 3 heteroatoms. The molecule has 0 saturated carbocycles. The van der Waals surface area contributed by atoms with Gasteiger partial charge in [0.25, 0.3) is 0 Å². The summed E-state index contributed by atoms with van der Waals surface area (Å²) in [6.45, 7) is 9.71. The van der Waals surface area contributed by atoms with Crippen LogP contribution in [0.5, 0.6) is 0 Å². The molecule has 0 aliphatic heterocycles. The van der Waals surface area contributed by atoms with Crippen LogP contribution in [0.25, 0.3) is 0 Å². The number of thioether (sulfide) groups is 1. The first kappa shape index (κ1) is 15.5. The van der Waals surface area contributed by atoms with Gasteiger partial charge >= 0.3 is 0 Å². The molecule has 0 aromatic heterocycles. The zero-order valence-corrected chi connectivity index (χ0v) is 12.7. The van der Waals surface area contributed by atoms with Gasteiger partial charge in [-0.05, 0) is 24.5 Å². The smallest absolute Gasteiger partial charge is 0.0464 e. The lowest BCUT2D eigenvalue weighted by Gasteiger charge is -2.14. The van der Waals surface area contributed by atoms with E-state index >= 15 is 0 Å². The van der Waals surface area contributed by atoms with E-state index in [1.807, 2.05) is 11.8 Å². The van der Waals surface area contributed by atoms with Crippen molar-refractivity contribution in [2.45, 2.75) is 45.2 Å². The molecule has 2 N–H and O–H groups in total. The van der Waals surface area contributed by atoms with E-state index in [4.69, 9.17) is 5.11 Å². The van der Waals surface area contributed by atoms with Crippen LogP contribution >= 0.6 is 11.8 Å². The molecule has 1 rings (SSSR count). The zero-order chi connectivity index (χ0) is 13.5. The SMILES string of the molecule is Cc1ccc(SCC(C)CO)c(CNC(C)C)c1. The van der Waals surface area contributed by atoms with Crippen molar-refractivity contribution < 1.29 is 5.11 Å². The van der Waals surface area contributed by atoms with Gasteiger partial charge in [0, 0.05) is 29.8 Å². The fourth-order valence-corrected chi connectivity index (χ4v) is 2.64. The highest BCUT2D eigenvalue weighted by Gasteiger charge is 2.07. The quantitative estimate of drug-likeness (QED) is 0.744. The van der Waals surface area contributed by atoms with Gasteiger partial charge in [-0.25, -0.2) is 0 Å². The first-order chi connectivity index (χ1) is 8.52. The van der Waals surface area contributed by atoms with Gasteiger partial charge in [-0.3, -0.25) is 0 Å². The van der Waals surface area contributed by atoms with Crippen molar-refractivity contribution in [2.24, 2.45) is 5.92 Å². The Morgan fingerprint density at radius 2 is 2.00 bits per heavy atom. The largest absolute Gasteiger partial charge is 0.396 e. The molecule has 0 heterocycles. The number of benzene rings is 1. The number of aliphatic hydroxyl groups is 1. The minimum absolute atomic E-state index is 0.262. The van der Waals surface area contributed by atoms with Gasteiger partial charge in [-0.15, -0.1) is 11.8 Å². The molecule has 0 saturated heterocycles. The maximum atomic E-state index is 9.08. The van der Waals surface area contributed by atoms with Crippen molar-refractivity contribution in [1.82, 2.24) is 5.32 Å². The van der Waals surface area contributed by atoms with E-state index in [2.05, 4.69) is 51.2 Å². The summed E-state index contributed by atoms with van der Waals surface area (Å²) >= 11 is 1.84. The fourth-order valence-electron chi connectivity index (χ4n) is 1.59. The van der Waals surface area contributed by atoms with Crippen LogP contribution in [0.4, 0.5) is 0 Å². The summed E-state index contributed by atoms with van der Waals surface area (Å²) in [6.07, 6.45) is 0. The minimum Gasteiger partial charge on any atom is -0.396 e. The van der Waals surface area contributed by atoms with Crippen LogP contribution in [-0.2, 0) is 6.54 Å². The summed E-state index contributed by atoms with van der Waals surface area (Å²) in [5, 5.41) is 12.5. The van der Waals surface area contributed by atoms with E-state index in [-0.39, 0.29) is 6.61 Å². The Hall–Kier alpha value is -0.510. The molecular formula is C15H25NOS. The van der Waals surface area contributed by atoms with Crippen molar-refractivity contribution in [3.8, 4) is 0 Å². The summed E-state index contributed by atoms with van der Waals surface area (Å²) in [4.78, 5) is 1.33. The van der Waals surface area contributed by atoms with Gasteiger partial charge in [0.1, 0.15) is 0 Å².